The van der Waals surface area contributed by atoms with E-state index in [1.807, 2.05) is 61.1 Å². The predicted octanol–water partition coefficient (Wildman–Crippen LogP) is 3.45. The maximum atomic E-state index is 6.02. The van der Waals surface area contributed by atoms with Crippen LogP contribution >= 0.6 is 11.6 Å². The topological polar surface area (TPSA) is 67.1 Å². The molecule has 0 fully saturated rings. The molecule has 0 saturated heterocycles. The van der Waals surface area contributed by atoms with E-state index in [4.69, 9.17) is 11.6 Å². The molecule has 3 aromatic rings. The number of nitrogens with zero attached hydrogens (tertiary/aromatic N) is 4. The van der Waals surface area contributed by atoms with Crippen molar-refractivity contribution in [1.82, 2.24) is 25.4 Å². The highest BCUT2D eigenvalue weighted by Crippen LogP contribution is 2.11. The smallest absolute Gasteiger partial charge is 0.191 e. The summed E-state index contributed by atoms with van der Waals surface area (Å²) >= 11 is 6.02. The molecule has 0 atom stereocenters. The number of rotatable bonds is 6. The number of hydrogen-bond acceptors (Lipinski definition) is 3. The largest absolute Gasteiger partial charge is 0.356 e. The Morgan fingerprint density at radius 1 is 1.11 bits per heavy atom. The third-order valence-corrected chi connectivity index (χ3v) is 4.55. The van der Waals surface area contributed by atoms with Crippen molar-refractivity contribution in [2.75, 3.05) is 13.6 Å². The first-order valence-corrected chi connectivity index (χ1v) is 9.60. The van der Waals surface area contributed by atoms with Crippen LogP contribution in [0.1, 0.15) is 22.5 Å². The highest BCUT2D eigenvalue weighted by Gasteiger charge is 2.05. The van der Waals surface area contributed by atoms with Gasteiger partial charge in [0, 0.05) is 37.1 Å². The van der Waals surface area contributed by atoms with E-state index in [-0.39, 0.29) is 0 Å². The standard InChI is InChI=1S/C21H25ClN6/c1-15-11-16(2)28(27-15)20-8-7-18(13-25-20)14-26-21(23-3)24-10-9-17-5-4-6-19(22)12-17/h4-8,11-13H,9-10,14H2,1-3H3,(H2,23,24,26). The Morgan fingerprint density at radius 3 is 2.61 bits per heavy atom. The molecule has 0 aliphatic carbocycles. The number of benzene rings is 1. The molecule has 3 rings (SSSR count). The second kappa shape index (κ2) is 9.37. The third kappa shape index (κ3) is 5.33. The molecule has 1 aromatic carbocycles. The Kier molecular flexibility index (Phi) is 6.66. The fourth-order valence-electron chi connectivity index (χ4n) is 2.93. The molecule has 0 amide bonds. The zero-order valence-electron chi connectivity index (χ0n) is 16.4. The number of pyridine rings is 1. The number of guanidine groups is 1. The average molecular weight is 397 g/mol. The van der Waals surface area contributed by atoms with Crippen molar-refractivity contribution < 1.29 is 0 Å². The molecule has 0 spiro atoms. The van der Waals surface area contributed by atoms with Crippen LogP contribution in [-0.2, 0) is 13.0 Å². The maximum Gasteiger partial charge on any atom is 0.191 e. The van der Waals surface area contributed by atoms with E-state index >= 15 is 0 Å². The van der Waals surface area contributed by atoms with Crippen molar-refractivity contribution in [3.05, 3.63) is 76.2 Å². The molecule has 2 N–H and O–H groups in total. The summed E-state index contributed by atoms with van der Waals surface area (Å²) in [4.78, 5) is 8.79. The molecule has 28 heavy (non-hydrogen) atoms. The number of halogens is 1. The molecule has 0 bridgehead atoms. The summed E-state index contributed by atoms with van der Waals surface area (Å²) in [5.74, 6) is 1.57. The molecule has 2 aromatic heterocycles. The third-order valence-electron chi connectivity index (χ3n) is 4.31. The first-order chi connectivity index (χ1) is 13.5. The van der Waals surface area contributed by atoms with E-state index < -0.39 is 0 Å². The van der Waals surface area contributed by atoms with Crippen LogP contribution < -0.4 is 10.6 Å². The van der Waals surface area contributed by atoms with Gasteiger partial charge in [-0.15, -0.1) is 0 Å². The minimum Gasteiger partial charge on any atom is -0.356 e. The Hall–Kier alpha value is -2.86. The van der Waals surface area contributed by atoms with Crippen molar-refractivity contribution in [2.24, 2.45) is 4.99 Å². The second-order valence-corrected chi connectivity index (χ2v) is 7.03. The van der Waals surface area contributed by atoms with Crippen molar-refractivity contribution in [3.63, 3.8) is 0 Å². The summed E-state index contributed by atoms with van der Waals surface area (Å²) in [5.41, 5.74) is 4.32. The van der Waals surface area contributed by atoms with E-state index in [2.05, 4.69) is 31.8 Å². The van der Waals surface area contributed by atoms with Gasteiger partial charge < -0.3 is 10.6 Å². The highest BCUT2D eigenvalue weighted by atomic mass is 35.5. The Labute approximate surface area is 170 Å². The summed E-state index contributed by atoms with van der Waals surface area (Å²) < 4.78 is 1.85. The van der Waals surface area contributed by atoms with Crippen molar-refractivity contribution in [2.45, 2.75) is 26.8 Å². The van der Waals surface area contributed by atoms with Gasteiger partial charge in [-0.25, -0.2) is 9.67 Å². The Bertz CT molecular complexity index is 946. The lowest BCUT2D eigenvalue weighted by Crippen LogP contribution is -2.37. The minimum absolute atomic E-state index is 0.640. The molecule has 0 aliphatic rings. The Balaban J connectivity index is 1.50. The quantitative estimate of drug-likeness (QED) is 0.494. The summed E-state index contributed by atoms with van der Waals surface area (Å²) in [6.07, 6.45) is 2.73. The van der Waals surface area contributed by atoms with Gasteiger partial charge in [-0.3, -0.25) is 4.99 Å². The summed E-state index contributed by atoms with van der Waals surface area (Å²) in [6.45, 7) is 5.42. The van der Waals surface area contributed by atoms with Gasteiger partial charge in [-0.2, -0.15) is 5.10 Å². The first kappa shape index (κ1) is 19.9. The first-order valence-electron chi connectivity index (χ1n) is 9.22. The predicted molar refractivity (Wildman–Crippen MR) is 114 cm³/mol. The number of nitrogens with one attached hydrogen (secondary N) is 2. The SMILES string of the molecule is CN=C(NCCc1cccc(Cl)c1)NCc1ccc(-n2nc(C)cc2C)nc1. The van der Waals surface area contributed by atoms with Gasteiger partial charge >= 0.3 is 0 Å². The van der Waals surface area contributed by atoms with Crippen LogP contribution in [-0.4, -0.2) is 34.3 Å². The van der Waals surface area contributed by atoms with Crippen LogP contribution in [0, 0.1) is 13.8 Å². The number of hydrogen-bond donors (Lipinski definition) is 2. The molecule has 146 valence electrons. The van der Waals surface area contributed by atoms with Gasteiger partial charge in [0.2, 0.25) is 0 Å². The molecule has 7 heteroatoms. The number of aliphatic imine (C=N–C) groups is 1. The molecule has 0 radical (unpaired) electrons. The fraction of sp³-hybridized carbons (Fsp3) is 0.286. The normalized spacial score (nSPS) is 11.5. The van der Waals surface area contributed by atoms with E-state index in [0.29, 0.717) is 6.54 Å². The van der Waals surface area contributed by atoms with Crippen LogP contribution in [0.25, 0.3) is 5.82 Å². The molecule has 0 saturated carbocycles. The van der Waals surface area contributed by atoms with Gasteiger partial charge in [0.25, 0.3) is 0 Å². The lowest BCUT2D eigenvalue weighted by Gasteiger charge is -2.12. The van der Waals surface area contributed by atoms with Crippen molar-refractivity contribution in [1.29, 1.82) is 0 Å². The van der Waals surface area contributed by atoms with Crippen molar-refractivity contribution in [3.8, 4) is 5.82 Å². The van der Waals surface area contributed by atoms with E-state index in [1.54, 1.807) is 7.05 Å². The van der Waals surface area contributed by atoms with Gasteiger partial charge in [0.1, 0.15) is 0 Å². The summed E-state index contributed by atoms with van der Waals surface area (Å²) in [5, 5.41) is 11.8. The molecule has 2 heterocycles. The lowest BCUT2D eigenvalue weighted by molar-refractivity contribution is 0.784. The summed E-state index contributed by atoms with van der Waals surface area (Å²) in [7, 11) is 1.76. The van der Waals surface area contributed by atoms with E-state index in [0.717, 1.165) is 46.7 Å². The van der Waals surface area contributed by atoms with E-state index in [1.165, 1.54) is 5.56 Å². The lowest BCUT2D eigenvalue weighted by atomic mass is 10.1. The van der Waals surface area contributed by atoms with Crippen LogP contribution in [0.15, 0.2) is 53.7 Å². The average Bonchev–Trinajstić information content (AvgIpc) is 3.03. The number of aryl methyl sites for hydroxylation is 2. The van der Waals surface area contributed by atoms with Crippen molar-refractivity contribution >= 4 is 17.6 Å². The highest BCUT2D eigenvalue weighted by molar-refractivity contribution is 6.30. The van der Waals surface area contributed by atoms with Crippen LogP contribution in [0.4, 0.5) is 0 Å². The molecule has 6 nitrogen and oxygen atoms in total. The van der Waals surface area contributed by atoms with E-state index in [9.17, 15) is 0 Å². The fourth-order valence-corrected chi connectivity index (χ4v) is 3.14. The second-order valence-electron chi connectivity index (χ2n) is 6.60. The van der Waals surface area contributed by atoms with Gasteiger partial charge in [0.15, 0.2) is 11.8 Å². The summed E-state index contributed by atoms with van der Waals surface area (Å²) in [6, 6.07) is 14.0. The number of aromatic nitrogens is 3. The zero-order chi connectivity index (χ0) is 19.9. The van der Waals surface area contributed by atoms with Gasteiger partial charge in [0.05, 0.1) is 5.69 Å². The maximum absolute atomic E-state index is 6.02. The molecule has 0 unspecified atom stereocenters. The minimum atomic E-state index is 0.640. The monoisotopic (exact) mass is 396 g/mol. The molecule has 0 aliphatic heterocycles. The van der Waals surface area contributed by atoms with Crippen LogP contribution in [0.3, 0.4) is 0 Å². The molecular formula is C21H25ClN6. The zero-order valence-corrected chi connectivity index (χ0v) is 17.2. The van der Waals surface area contributed by atoms with Gasteiger partial charge in [-0.1, -0.05) is 29.8 Å². The Morgan fingerprint density at radius 2 is 1.96 bits per heavy atom. The molecular weight excluding hydrogens is 372 g/mol. The van der Waals surface area contributed by atoms with Crippen LogP contribution in [0.2, 0.25) is 5.02 Å². The van der Waals surface area contributed by atoms with Crippen LogP contribution in [0.5, 0.6) is 0 Å². The van der Waals surface area contributed by atoms with Gasteiger partial charge in [-0.05, 0) is 55.7 Å².